The number of rotatable bonds is 2. The highest BCUT2D eigenvalue weighted by atomic mass is 14.6. The van der Waals surface area contributed by atoms with Crippen molar-refractivity contribution in [2.75, 3.05) is 0 Å². The summed E-state index contributed by atoms with van der Waals surface area (Å²) in [6.07, 6.45) is 6.43. The van der Waals surface area contributed by atoms with Crippen molar-refractivity contribution in [2.45, 2.75) is 24.7 Å². The van der Waals surface area contributed by atoms with Crippen molar-refractivity contribution >= 4 is 10.8 Å². The van der Waals surface area contributed by atoms with Crippen LogP contribution in [0.25, 0.3) is 10.8 Å². The maximum Gasteiger partial charge on any atom is 0.0346 e. The molecule has 0 N–H and O–H groups in total. The summed E-state index contributed by atoms with van der Waals surface area (Å²) in [5.41, 5.74) is 2.96. The summed E-state index contributed by atoms with van der Waals surface area (Å²) in [6, 6.07) is 19.9. The Labute approximate surface area is 119 Å². The van der Waals surface area contributed by atoms with Gasteiger partial charge in [-0.15, -0.1) is 0 Å². The first kappa shape index (κ1) is 11.7. The fourth-order valence-corrected chi connectivity index (χ4v) is 3.33. The van der Waals surface area contributed by atoms with Gasteiger partial charge in [0.2, 0.25) is 0 Å². The van der Waals surface area contributed by atoms with E-state index in [2.05, 4.69) is 59.6 Å². The molecule has 2 aromatic carbocycles. The molecule has 1 heterocycles. The molecule has 1 nitrogen and oxygen atoms in total. The highest BCUT2D eigenvalue weighted by molar-refractivity contribution is 5.82. The van der Waals surface area contributed by atoms with Gasteiger partial charge >= 0.3 is 0 Å². The molecule has 1 heteroatoms. The Bertz CT molecular complexity index is 733. The number of aromatic nitrogens is 1. The van der Waals surface area contributed by atoms with Crippen LogP contribution in [0.4, 0.5) is 0 Å². The van der Waals surface area contributed by atoms with Crippen molar-refractivity contribution in [1.82, 2.24) is 4.98 Å². The molecule has 1 aromatic heterocycles. The van der Waals surface area contributed by atoms with Crippen LogP contribution in [0.15, 0.2) is 67.0 Å². The van der Waals surface area contributed by atoms with E-state index in [0.717, 1.165) is 0 Å². The third kappa shape index (κ3) is 1.90. The third-order valence-corrected chi connectivity index (χ3v) is 4.59. The minimum Gasteiger partial charge on any atom is -0.264 e. The smallest absolute Gasteiger partial charge is 0.0346 e. The lowest BCUT2D eigenvalue weighted by Crippen LogP contribution is -2.21. The van der Waals surface area contributed by atoms with Gasteiger partial charge in [0.1, 0.15) is 0 Å². The zero-order valence-corrected chi connectivity index (χ0v) is 11.4. The van der Waals surface area contributed by atoms with Crippen LogP contribution in [0, 0.1) is 0 Å². The number of nitrogens with zero attached hydrogens (tertiary/aromatic N) is 1. The summed E-state index contributed by atoms with van der Waals surface area (Å²) in [5.74, 6) is 1.37. The second-order valence-corrected chi connectivity index (χ2v) is 5.68. The SMILES string of the molecule is c1ccc(C2CCC2c2ccc3cnccc3c2)cc1. The van der Waals surface area contributed by atoms with Crippen molar-refractivity contribution in [3.8, 4) is 0 Å². The van der Waals surface area contributed by atoms with Crippen LogP contribution < -0.4 is 0 Å². The van der Waals surface area contributed by atoms with Gasteiger partial charge in [0, 0.05) is 17.8 Å². The van der Waals surface area contributed by atoms with Crippen LogP contribution in [0.5, 0.6) is 0 Å². The molecular formula is C19H17N. The van der Waals surface area contributed by atoms with Gasteiger partial charge < -0.3 is 0 Å². The molecule has 1 aliphatic rings. The van der Waals surface area contributed by atoms with Crippen molar-refractivity contribution in [3.05, 3.63) is 78.1 Å². The Hall–Kier alpha value is -2.15. The molecule has 4 rings (SSSR count). The zero-order valence-electron chi connectivity index (χ0n) is 11.4. The van der Waals surface area contributed by atoms with Gasteiger partial charge in [-0.05, 0) is 47.3 Å². The van der Waals surface area contributed by atoms with E-state index in [9.17, 15) is 0 Å². The third-order valence-electron chi connectivity index (χ3n) is 4.59. The molecule has 2 unspecified atom stereocenters. The lowest BCUT2D eigenvalue weighted by molar-refractivity contribution is 0.347. The van der Waals surface area contributed by atoms with Crippen LogP contribution in [-0.2, 0) is 0 Å². The molecule has 0 spiro atoms. The summed E-state index contributed by atoms with van der Waals surface area (Å²) in [4.78, 5) is 4.18. The fourth-order valence-electron chi connectivity index (χ4n) is 3.33. The number of fused-ring (bicyclic) bond motifs is 1. The van der Waals surface area contributed by atoms with E-state index in [1.54, 1.807) is 0 Å². The molecule has 0 radical (unpaired) electrons. The molecule has 1 aliphatic carbocycles. The van der Waals surface area contributed by atoms with Crippen molar-refractivity contribution < 1.29 is 0 Å². The minimum atomic E-state index is 0.676. The van der Waals surface area contributed by atoms with Gasteiger partial charge in [0.15, 0.2) is 0 Å². The number of hydrogen-bond donors (Lipinski definition) is 0. The van der Waals surface area contributed by atoms with Crippen LogP contribution in [0.3, 0.4) is 0 Å². The van der Waals surface area contributed by atoms with E-state index in [-0.39, 0.29) is 0 Å². The molecule has 0 bridgehead atoms. The summed E-state index contributed by atoms with van der Waals surface area (Å²) in [7, 11) is 0. The standard InChI is InChI=1S/C19H17N/c1-2-4-14(5-3-1)18-8-9-19(18)16-6-7-17-13-20-11-10-15(17)12-16/h1-7,10-13,18-19H,8-9H2. The van der Waals surface area contributed by atoms with Crippen LogP contribution in [-0.4, -0.2) is 4.98 Å². The normalized spacial score (nSPS) is 21.6. The molecular weight excluding hydrogens is 242 g/mol. The number of pyridine rings is 1. The largest absolute Gasteiger partial charge is 0.264 e. The Morgan fingerprint density at radius 1 is 0.750 bits per heavy atom. The highest BCUT2D eigenvalue weighted by Crippen LogP contribution is 2.49. The molecule has 0 saturated heterocycles. The number of benzene rings is 2. The molecule has 20 heavy (non-hydrogen) atoms. The second-order valence-electron chi connectivity index (χ2n) is 5.68. The number of hydrogen-bond acceptors (Lipinski definition) is 1. The molecule has 0 amide bonds. The maximum atomic E-state index is 4.18. The molecule has 0 aliphatic heterocycles. The zero-order chi connectivity index (χ0) is 13.4. The van der Waals surface area contributed by atoms with Gasteiger partial charge in [-0.25, -0.2) is 0 Å². The molecule has 1 fully saturated rings. The molecule has 3 aromatic rings. The van der Waals surface area contributed by atoms with E-state index in [1.807, 2.05) is 12.4 Å². The van der Waals surface area contributed by atoms with Crippen LogP contribution in [0.1, 0.15) is 35.8 Å². The summed E-state index contributed by atoms with van der Waals surface area (Å²) >= 11 is 0. The lowest BCUT2D eigenvalue weighted by atomic mass is 9.67. The summed E-state index contributed by atoms with van der Waals surface area (Å²) in [5, 5.41) is 2.53. The van der Waals surface area contributed by atoms with Crippen LogP contribution >= 0.6 is 0 Å². The summed E-state index contributed by atoms with van der Waals surface area (Å²) in [6.45, 7) is 0. The van der Waals surface area contributed by atoms with E-state index < -0.39 is 0 Å². The highest BCUT2D eigenvalue weighted by Gasteiger charge is 2.33. The average molecular weight is 259 g/mol. The average Bonchev–Trinajstić information content (AvgIpc) is 2.47. The Kier molecular flexibility index (Phi) is 2.77. The van der Waals surface area contributed by atoms with Crippen molar-refractivity contribution in [3.63, 3.8) is 0 Å². The van der Waals surface area contributed by atoms with Gasteiger partial charge in [-0.3, -0.25) is 4.98 Å². The van der Waals surface area contributed by atoms with E-state index in [1.165, 1.54) is 34.7 Å². The van der Waals surface area contributed by atoms with Gasteiger partial charge in [-0.2, -0.15) is 0 Å². The summed E-state index contributed by atoms with van der Waals surface area (Å²) < 4.78 is 0. The molecule has 1 saturated carbocycles. The van der Waals surface area contributed by atoms with Gasteiger partial charge in [0.25, 0.3) is 0 Å². The van der Waals surface area contributed by atoms with Crippen LogP contribution in [0.2, 0.25) is 0 Å². The minimum absolute atomic E-state index is 0.676. The first-order chi connectivity index (χ1) is 9.92. The lowest BCUT2D eigenvalue weighted by Gasteiger charge is -2.37. The Balaban J connectivity index is 1.69. The molecule has 2 atom stereocenters. The predicted molar refractivity (Wildman–Crippen MR) is 82.9 cm³/mol. The van der Waals surface area contributed by atoms with Crippen molar-refractivity contribution in [1.29, 1.82) is 0 Å². The first-order valence-electron chi connectivity index (χ1n) is 7.30. The quantitative estimate of drug-likeness (QED) is 0.638. The second kappa shape index (κ2) is 4.75. The van der Waals surface area contributed by atoms with E-state index in [4.69, 9.17) is 0 Å². The van der Waals surface area contributed by atoms with E-state index >= 15 is 0 Å². The topological polar surface area (TPSA) is 12.9 Å². The van der Waals surface area contributed by atoms with Crippen molar-refractivity contribution in [2.24, 2.45) is 0 Å². The molecule has 98 valence electrons. The maximum absolute atomic E-state index is 4.18. The Morgan fingerprint density at radius 3 is 2.35 bits per heavy atom. The Morgan fingerprint density at radius 2 is 1.55 bits per heavy atom. The van der Waals surface area contributed by atoms with Gasteiger partial charge in [-0.1, -0.05) is 48.5 Å². The predicted octanol–water partition coefficient (Wildman–Crippen LogP) is 4.90. The van der Waals surface area contributed by atoms with E-state index in [0.29, 0.717) is 11.8 Å². The van der Waals surface area contributed by atoms with Gasteiger partial charge in [0.05, 0.1) is 0 Å². The monoisotopic (exact) mass is 259 g/mol. The fraction of sp³-hybridized carbons (Fsp3) is 0.211. The first-order valence-corrected chi connectivity index (χ1v) is 7.30.